The van der Waals surface area contributed by atoms with Crippen molar-refractivity contribution in [1.29, 1.82) is 0 Å². The minimum Gasteiger partial charge on any atom is -0.228 e. The minimum atomic E-state index is 0.694. The average molecular weight is 553 g/mol. The fourth-order valence-electron chi connectivity index (χ4n) is 5.22. The van der Waals surface area contributed by atoms with Crippen molar-refractivity contribution < 1.29 is 0 Å². The molecule has 0 atom stereocenters. The van der Waals surface area contributed by atoms with Crippen LogP contribution in [0.4, 0.5) is 0 Å². The zero-order valence-corrected chi connectivity index (χ0v) is 23.7. The molecule has 0 aliphatic heterocycles. The molecular weight excluding hydrogens is 524 g/mol. The van der Waals surface area contributed by atoms with Gasteiger partial charge in [-0.25, -0.2) is 19.9 Å². The third-order valence-electron chi connectivity index (χ3n) is 7.32. The Bertz CT molecular complexity index is 1750. The Morgan fingerprint density at radius 1 is 0.302 bits per heavy atom. The second-order valence-electron chi connectivity index (χ2n) is 10.5. The second kappa shape index (κ2) is 11.6. The molecule has 0 aliphatic carbocycles. The maximum Gasteiger partial charge on any atom is 0.160 e. The van der Waals surface area contributed by atoms with Gasteiger partial charge in [-0.2, -0.15) is 0 Å². The van der Waals surface area contributed by atoms with Gasteiger partial charge in [0, 0.05) is 33.4 Å². The predicted molar refractivity (Wildman–Crippen MR) is 175 cm³/mol. The van der Waals surface area contributed by atoms with E-state index < -0.39 is 0 Å². The zero-order chi connectivity index (χ0) is 29.0. The summed E-state index contributed by atoms with van der Waals surface area (Å²) in [5.41, 5.74) is 10.7. The van der Waals surface area contributed by atoms with E-state index in [0.29, 0.717) is 11.6 Å². The van der Waals surface area contributed by atoms with E-state index in [0.717, 1.165) is 61.7 Å². The van der Waals surface area contributed by atoms with Crippen LogP contribution in [0.2, 0.25) is 0 Å². The van der Waals surface area contributed by atoms with Gasteiger partial charge in [-0.1, -0.05) is 121 Å². The van der Waals surface area contributed by atoms with Crippen molar-refractivity contribution in [1.82, 2.24) is 19.9 Å². The molecule has 5 aromatic carbocycles. The summed E-state index contributed by atoms with van der Waals surface area (Å²) in [6.45, 7) is 2.11. The molecule has 0 amide bonds. The molecule has 0 N–H and O–H groups in total. The molecule has 4 heteroatoms. The molecule has 0 fully saturated rings. The van der Waals surface area contributed by atoms with E-state index in [9.17, 15) is 0 Å². The first-order chi connectivity index (χ1) is 21.2. The molecule has 2 heterocycles. The third kappa shape index (κ3) is 5.72. The Kier molecular flexibility index (Phi) is 7.08. The number of aromatic nitrogens is 4. The van der Waals surface area contributed by atoms with E-state index in [4.69, 9.17) is 19.9 Å². The summed E-state index contributed by atoms with van der Waals surface area (Å²) in [5.74, 6) is 1.39. The molecule has 0 unspecified atom stereocenters. The van der Waals surface area contributed by atoms with E-state index >= 15 is 0 Å². The number of hydrogen-bond donors (Lipinski definition) is 0. The maximum absolute atomic E-state index is 5.06. The summed E-state index contributed by atoms with van der Waals surface area (Å²) in [7, 11) is 0. The van der Waals surface area contributed by atoms with Crippen LogP contribution in [0.15, 0.2) is 152 Å². The molecule has 0 spiro atoms. The lowest BCUT2D eigenvalue weighted by Gasteiger charge is -2.13. The lowest BCUT2D eigenvalue weighted by molar-refractivity contribution is 1.17. The molecule has 0 saturated heterocycles. The number of aryl methyl sites for hydroxylation is 1. The van der Waals surface area contributed by atoms with Gasteiger partial charge in [0.1, 0.15) is 0 Å². The van der Waals surface area contributed by atoms with Crippen molar-refractivity contribution >= 4 is 0 Å². The molecule has 7 aromatic rings. The third-order valence-corrected chi connectivity index (χ3v) is 7.32. The van der Waals surface area contributed by atoms with Crippen LogP contribution >= 0.6 is 0 Å². The lowest BCUT2D eigenvalue weighted by atomic mass is 9.99. The Labute approximate surface area is 251 Å². The molecule has 0 aliphatic rings. The first kappa shape index (κ1) is 26.2. The lowest BCUT2D eigenvalue weighted by Crippen LogP contribution is -1.98. The van der Waals surface area contributed by atoms with Crippen LogP contribution in [0.25, 0.3) is 67.8 Å². The molecule has 43 heavy (non-hydrogen) atoms. The summed E-state index contributed by atoms with van der Waals surface area (Å²) in [4.78, 5) is 20.0. The molecular formula is C39H28N4. The summed E-state index contributed by atoms with van der Waals surface area (Å²) >= 11 is 0. The van der Waals surface area contributed by atoms with Gasteiger partial charge in [-0.3, -0.25) is 0 Å². The molecule has 0 bridgehead atoms. The fourth-order valence-corrected chi connectivity index (χ4v) is 5.22. The fraction of sp³-hybridized carbons (Fsp3) is 0.0256. The highest BCUT2D eigenvalue weighted by molar-refractivity contribution is 5.78. The molecule has 0 saturated carbocycles. The number of rotatable bonds is 6. The van der Waals surface area contributed by atoms with Crippen LogP contribution in [0.1, 0.15) is 5.56 Å². The summed E-state index contributed by atoms with van der Waals surface area (Å²) in [6.07, 6.45) is 0. The number of hydrogen-bond acceptors (Lipinski definition) is 4. The van der Waals surface area contributed by atoms with E-state index in [1.54, 1.807) is 0 Å². The molecule has 7 rings (SSSR count). The van der Waals surface area contributed by atoms with Gasteiger partial charge >= 0.3 is 0 Å². The Morgan fingerprint density at radius 3 is 0.953 bits per heavy atom. The second-order valence-corrected chi connectivity index (χ2v) is 10.5. The van der Waals surface area contributed by atoms with Crippen LogP contribution in [0, 0.1) is 6.92 Å². The van der Waals surface area contributed by atoms with Crippen LogP contribution in [0.5, 0.6) is 0 Å². The van der Waals surface area contributed by atoms with Crippen molar-refractivity contribution in [2.75, 3.05) is 0 Å². The van der Waals surface area contributed by atoms with Gasteiger partial charge in [0.15, 0.2) is 11.6 Å². The van der Waals surface area contributed by atoms with Gasteiger partial charge in [0.05, 0.1) is 22.8 Å². The van der Waals surface area contributed by atoms with E-state index in [1.807, 2.05) is 97.1 Å². The highest BCUT2D eigenvalue weighted by Crippen LogP contribution is 2.33. The van der Waals surface area contributed by atoms with Crippen molar-refractivity contribution in [2.45, 2.75) is 6.92 Å². The maximum atomic E-state index is 5.06. The molecule has 204 valence electrons. The number of nitrogens with zero attached hydrogens (tertiary/aromatic N) is 4. The standard InChI is InChI=1S/C39H28N4/c1-27-22-32(36-25-34(28-14-6-2-7-15-28)40-38(42-36)30-18-10-4-11-19-30)24-33(23-27)37-26-35(29-16-8-3-9-17-29)41-39(43-37)31-20-12-5-13-21-31/h2-26H,1H3. The van der Waals surface area contributed by atoms with Crippen molar-refractivity contribution in [3.63, 3.8) is 0 Å². The molecule has 2 aromatic heterocycles. The van der Waals surface area contributed by atoms with Crippen molar-refractivity contribution in [2.24, 2.45) is 0 Å². The van der Waals surface area contributed by atoms with Gasteiger partial charge in [-0.05, 0) is 42.8 Å². The Balaban J connectivity index is 1.40. The van der Waals surface area contributed by atoms with Crippen molar-refractivity contribution in [3.8, 4) is 67.8 Å². The normalized spacial score (nSPS) is 10.9. The number of benzene rings is 5. The van der Waals surface area contributed by atoms with Crippen LogP contribution in [0.3, 0.4) is 0 Å². The van der Waals surface area contributed by atoms with Gasteiger partial charge in [0.2, 0.25) is 0 Å². The van der Waals surface area contributed by atoms with Crippen LogP contribution in [-0.4, -0.2) is 19.9 Å². The highest BCUT2D eigenvalue weighted by Gasteiger charge is 2.15. The van der Waals surface area contributed by atoms with Gasteiger partial charge in [0.25, 0.3) is 0 Å². The van der Waals surface area contributed by atoms with Gasteiger partial charge in [-0.15, -0.1) is 0 Å². The van der Waals surface area contributed by atoms with E-state index in [1.165, 1.54) is 0 Å². The highest BCUT2D eigenvalue weighted by atomic mass is 14.9. The summed E-state index contributed by atoms with van der Waals surface area (Å²) in [5, 5.41) is 0. The average Bonchev–Trinajstić information content (AvgIpc) is 3.09. The van der Waals surface area contributed by atoms with Crippen LogP contribution in [-0.2, 0) is 0 Å². The van der Waals surface area contributed by atoms with E-state index in [-0.39, 0.29) is 0 Å². The summed E-state index contributed by atoms with van der Waals surface area (Å²) < 4.78 is 0. The smallest absolute Gasteiger partial charge is 0.160 e. The van der Waals surface area contributed by atoms with Crippen LogP contribution < -0.4 is 0 Å². The van der Waals surface area contributed by atoms with Gasteiger partial charge < -0.3 is 0 Å². The first-order valence-corrected chi connectivity index (χ1v) is 14.3. The molecule has 0 radical (unpaired) electrons. The minimum absolute atomic E-state index is 0.694. The van der Waals surface area contributed by atoms with Crippen molar-refractivity contribution in [3.05, 3.63) is 157 Å². The first-order valence-electron chi connectivity index (χ1n) is 14.3. The quantitative estimate of drug-likeness (QED) is 0.206. The zero-order valence-electron chi connectivity index (χ0n) is 23.7. The Morgan fingerprint density at radius 2 is 0.605 bits per heavy atom. The van der Waals surface area contributed by atoms with E-state index in [2.05, 4.69) is 61.5 Å². The Hall–Kier alpha value is -5.74. The molecule has 4 nitrogen and oxygen atoms in total. The predicted octanol–water partition coefficient (Wildman–Crippen LogP) is 9.58. The largest absolute Gasteiger partial charge is 0.228 e. The summed E-state index contributed by atoms with van der Waals surface area (Å²) in [6, 6.07) is 51.5. The monoisotopic (exact) mass is 552 g/mol. The topological polar surface area (TPSA) is 51.6 Å². The SMILES string of the molecule is Cc1cc(-c2cc(-c3ccccc3)nc(-c3ccccc3)n2)cc(-c2cc(-c3ccccc3)nc(-c3ccccc3)n2)c1.